The minimum atomic E-state index is -1.01. The Morgan fingerprint density at radius 1 is 0.933 bits per heavy atom. The average molecular weight is 404 g/mol. The fourth-order valence-electron chi connectivity index (χ4n) is 3.14. The number of nitrogens with one attached hydrogen (secondary N) is 1. The molecule has 1 heterocycles. The Morgan fingerprint density at radius 3 is 1.93 bits per heavy atom. The van der Waals surface area contributed by atoms with Crippen LogP contribution in [0.15, 0.2) is 72.9 Å². The van der Waals surface area contributed by atoms with E-state index in [1.165, 1.54) is 24.5 Å². The second-order valence-electron chi connectivity index (χ2n) is 7.09. The van der Waals surface area contributed by atoms with Crippen molar-refractivity contribution in [3.8, 4) is 0 Å². The van der Waals surface area contributed by atoms with Gasteiger partial charge in [-0.1, -0.05) is 60.7 Å². The number of aromatic nitrogens is 1. The molecule has 0 bridgehead atoms. The van der Waals surface area contributed by atoms with Gasteiger partial charge in [0.1, 0.15) is 5.69 Å². The lowest BCUT2D eigenvalue weighted by molar-refractivity contribution is -0.129. The van der Waals surface area contributed by atoms with Gasteiger partial charge in [-0.3, -0.25) is 9.59 Å². The van der Waals surface area contributed by atoms with E-state index in [0.29, 0.717) is 5.56 Å². The van der Waals surface area contributed by atoms with Crippen molar-refractivity contribution >= 4 is 17.7 Å². The lowest BCUT2D eigenvalue weighted by Gasteiger charge is -2.22. The Labute approximate surface area is 175 Å². The number of amides is 1. The molecule has 30 heavy (non-hydrogen) atoms. The summed E-state index contributed by atoms with van der Waals surface area (Å²) in [7, 11) is 1.65. The Bertz CT molecular complexity index is 1000. The van der Waals surface area contributed by atoms with E-state index in [1.807, 2.05) is 60.7 Å². The first kappa shape index (κ1) is 21.0. The van der Waals surface area contributed by atoms with Crippen molar-refractivity contribution in [2.75, 3.05) is 0 Å². The lowest BCUT2D eigenvalue weighted by atomic mass is 9.98. The second kappa shape index (κ2) is 9.22. The summed E-state index contributed by atoms with van der Waals surface area (Å²) in [6.07, 6.45) is 0.549. The Morgan fingerprint density at radius 2 is 1.47 bits per heavy atom. The maximum atomic E-state index is 12.8. The van der Waals surface area contributed by atoms with Crippen LogP contribution >= 0.6 is 0 Å². The number of benzene rings is 2. The molecular weight excluding hydrogens is 380 g/mol. The molecule has 1 amide bonds. The van der Waals surface area contributed by atoms with Crippen LogP contribution in [0.5, 0.6) is 0 Å². The fraction of sp³-hybridized carbons (Fsp3) is 0.208. The van der Waals surface area contributed by atoms with Gasteiger partial charge in [0.2, 0.25) is 0 Å². The molecule has 1 atom stereocenters. The van der Waals surface area contributed by atoms with Crippen molar-refractivity contribution in [2.45, 2.75) is 26.0 Å². The third kappa shape index (κ3) is 4.84. The van der Waals surface area contributed by atoms with Crippen molar-refractivity contribution in [3.05, 3.63) is 95.3 Å². The average Bonchev–Trinajstić information content (AvgIpc) is 3.15. The number of rotatable bonds is 7. The molecule has 0 saturated carbocycles. The van der Waals surface area contributed by atoms with Gasteiger partial charge in [-0.2, -0.15) is 0 Å². The summed E-state index contributed by atoms with van der Waals surface area (Å²) >= 11 is 0. The molecule has 0 radical (unpaired) electrons. The van der Waals surface area contributed by atoms with Gasteiger partial charge in [0.15, 0.2) is 11.9 Å². The molecule has 0 aliphatic heterocycles. The first-order valence-electron chi connectivity index (χ1n) is 9.65. The molecule has 0 saturated heterocycles. The van der Waals surface area contributed by atoms with E-state index in [0.717, 1.165) is 11.1 Å². The zero-order valence-electron chi connectivity index (χ0n) is 17.2. The van der Waals surface area contributed by atoms with Gasteiger partial charge in [0, 0.05) is 18.8 Å². The molecule has 0 fully saturated rings. The number of carbonyl (C=O) groups excluding carboxylic acids is 3. The van der Waals surface area contributed by atoms with E-state index in [2.05, 4.69) is 5.32 Å². The number of esters is 1. The molecule has 6 nitrogen and oxygen atoms in total. The van der Waals surface area contributed by atoms with Gasteiger partial charge in [-0.25, -0.2) is 4.79 Å². The smallest absolute Gasteiger partial charge is 0.355 e. The van der Waals surface area contributed by atoms with Crippen LogP contribution < -0.4 is 5.32 Å². The minimum absolute atomic E-state index is 0.149. The number of ether oxygens (including phenoxy) is 1. The summed E-state index contributed by atoms with van der Waals surface area (Å²) in [5.74, 6) is -1.23. The maximum absolute atomic E-state index is 12.8. The normalized spacial score (nSPS) is 11.7. The van der Waals surface area contributed by atoms with Gasteiger partial charge in [-0.05, 0) is 31.0 Å². The van der Waals surface area contributed by atoms with Crippen LogP contribution in [-0.4, -0.2) is 28.3 Å². The van der Waals surface area contributed by atoms with Crippen molar-refractivity contribution in [1.29, 1.82) is 0 Å². The minimum Gasteiger partial charge on any atom is -0.448 e. The third-order valence-electron chi connectivity index (χ3n) is 4.83. The standard InChI is InChI=1S/C24H24N2O4/c1-16(27)20-14-21(26(3)15-20)24(29)30-17(2)23(28)25-22(18-10-6-4-7-11-18)19-12-8-5-9-13-19/h4-15,17,22H,1-3H3,(H,25,28)/t17-/m1/s1. The zero-order valence-corrected chi connectivity index (χ0v) is 17.2. The third-order valence-corrected chi connectivity index (χ3v) is 4.83. The summed E-state index contributed by atoms with van der Waals surface area (Å²) in [5, 5.41) is 2.97. The molecule has 0 aliphatic rings. The molecule has 1 N–H and O–H groups in total. The Balaban J connectivity index is 1.74. The van der Waals surface area contributed by atoms with E-state index in [1.54, 1.807) is 13.2 Å². The van der Waals surface area contributed by atoms with Gasteiger partial charge in [0.05, 0.1) is 6.04 Å². The topological polar surface area (TPSA) is 77.4 Å². The summed E-state index contributed by atoms with van der Waals surface area (Å²) in [6, 6.07) is 20.3. The van der Waals surface area contributed by atoms with E-state index >= 15 is 0 Å². The van der Waals surface area contributed by atoms with Crippen molar-refractivity contribution < 1.29 is 19.1 Å². The van der Waals surface area contributed by atoms with Gasteiger partial charge >= 0.3 is 5.97 Å². The number of Topliss-reactive ketones (excluding diaryl/α,β-unsaturated/α-hetero) is 1. The molecule has 2 aromatic carbocycles. The highest BCUT2D eigenvalue weighted by atomic mass is 16.5. The van der Waals surface area contributed by atoms with Crippen LogP contribution in [0.2, 0.25) is 0 Å². The van der Waals surface area contributed by atoms with Gasteiger partial charge < -0.3 is 14.6 Å². The molecule has 0 aliphatic carbocycles. The van der Waals surface area contributed by atoms with Gasteiger partial charge in [-0.15, -0.1) is 0 Å². The van der Waals surface area contributed by atoms with Crippen LogP contribution in [0.25, 0.3) is 0 Å². The first-order valence-corrected chi connectivity index (χ1v) is 9.65. The van der Waals surface area contributed by atoms with E-state index in [4.69, 9.17) is 4.74 Å². The Kier molecular flexibility index (Phi) is 6.47. The second-order valence-corrected chi connectivity index (χ2v) is 7.09. The molecule has 1 aromatic heterocycles. The predicted molar refractivity (Wildman–Crippen MR) is 113 cm³/mol. The highest BCUT2D eigenvalue weighted by molar-refractivity contribution is 5.98. The van der Waals surface area contributed by atoms with Crippen molar-refractivity contribution in [1.82, 2.24) is 9.88 Å². The summed E-state index contributed by atoms with van der Waals surface area (Å²) in [4.78, 5) is 36.8. The fourth-order valence-corrected chi connectivity index (χ4v) is 3.14. The van der Waals surface area contributed by atoms with Crippen LogP contribution in [-0.2, 0) is 16.6 Å². The summed E-state index contributed by atoms with van der Waals surface area (Å²) in [6.45, 7) is 2.95. The number of hydrogen-bond acceptors (Lipinski definition) is 4. The van der Waals surface area contributed by atoms with E-state index in [-0.39, 0.29) is 17.5 Å². The summed E-state index contributed by atoms with van der Waals surface area (Å²) < 4.78 is 6.88. The maximum Gasteiger partial charge on any atom is 0.355 e. The largest absolute Gasteiger partial charge is 0.448 e. The monoisotopic (exact) mass is 404 g/mol. The first-order chi connectivity index (χ1) is 14.4. The molecule has 3 rings (SSSR count). The quantitative estimate of drug-likeness (QED) is 0.481. The highest BCUT2D eigenvalue weighted by Crippen LogP contribution is 2.22. The van der Waals surface area contributed by atoms with Crippen LogP contribution in [0.3, 0.4) is 0 Å². The van der Waals surface area contributed by atoms with Crippen molar-refractivity contribution in [3.63, 3.8) is 0 Å². The molecular formula is C24H24N2O4. The zero-order chi connectivity index (χ0) is 21.7. The SMILES string of the molecule is CC(=O)c1cc(C(=O)O[C@H](C)C(=O)NC(c2ccccc2)c2ccccc2)n(C)c1. The molecule has 0 spiro atoms. The number of carbonyl (C=O) groups is 3. The van der Waals surface area contributed by atoms with Crippen molar-refractivity contribution in [2.24, 2.45) is 7.05 Å². The number of hydrogen-bond donors (Lipinski definition) is 1. The van der Waals surface area contributed by atoms with E-state index < -0.39 is 18.0 Å². The molecule has 0 unspecified atom stereocenters. The van der Waals surface area contributed by atoms with Crippen LogP contribution in [0.4, 0.5) is 0 Å². The molecule has 6 heteroatoms. The molecule has 3 aromatic rings. The lowest BCUT2D eigenvalue weighted by Crippen LogP contribution is -2.38. The predicted octanol–water partition coefficient (Wildman–Crippen LogP) is 3.68. The highest BCUT2D eigenvalue weighted by Gasteiger charge is 2.25. The number of ketones is 1. The Hall–Kier alpha value is -3.67. The number of nitrogens with zero attached hydrogens (tertiary/aromatic N) is 1. The summed E-state index contributed by atoms with van der Waals surface area (Å²) in [5.41, 5.74) is 2.46. The van der Waals surface area contributed by atoms with Gasteiger partial charge in [0.25, 0.3) is 5.91 Å². The number of aryl methyl sites for hydroxylation is 1. The van der Waals surface area contributed by atoms with Crippen LogP contribution in [0, 0.1) is 0 Å². The molecule has 154 valence electrons. The van der Waals surface area contributed by atoms with E-state index in [9.17, 15) is 14.4 Å². The van der Waals surface area contributed by atoms with Crippen LogP contribution in [0.1, 0.15) is 51.9 Å².